The number of carbonyl (C=O) groups is 1. The lowest BCUT2D eigenvalue weighted by Gasteiger charge is -2.39. The first-order chi connectivity index (χ1) is 8.99. The lowest BCUT2D eigenvalue weighted by molar-refractivity contribution is -0.139. The normalized spacial score (nSPS) is 21.2. The van der Waals surface area contributed by atoms with Gasteiger partial charge in [-0.25, -0.2) is 0 Å². The fourth-order valence-corrected chi connectivity index (χ4v) is 2.39. The van der Waals surface area contributed by atoms with Crippen molar-refractivity contribution >= 4 is 11.7 Å². The van der Waals surface area contributed by atoms with E-state index < -0.39 is 5.41 Å². The minimum atomic E-state index is -0.901. The zero-order valence-corrected chi connectivity index (χ0v) is 12.2. The third-order valence-electron chi connectivity index (χ3n) is 4.05. The molecule has 1 heterocycles. The number of carbonyl (C=O) groups excluding carboxylic acids is 1. The first kappa shape index (κ1) is 15.8. The first-order valence-electron chi connectivity index (χ1n) is 6.99. The molecule has 0 aromatic rings. The number of piperazine rings is 1. The number of amidine groups is 1. The summed E-state index contributed by atoms with van der Waals surface area (Å²) < 4.78 is 0. The summed E-state index contributed by atoms with van der Waals surface area (Å²) >= 11 is 0. The summed E-state index contributed by atoms with van der Waals surface area (Å²) in [6.07, 6.45) is 1.65. The maximum Gasteiger partial charge on any atom is 0.236 e. The number of hydrogen-bond acceptors (Lipinski definition) is 4. The standard InChI is InChI=1S/C13H26N4O2/c1-4-6-16-7-9-17(10-8-16)12(18)13(3,5-2)11(14)15-19/h19H,4-10H2,1-3H3,(H2,14,15). The predicted molar refractivity (Wildman–Crippen MR) is 75.1 cm³/mol. The molecule has 1 unspecified atom stereocenters. The molecule has 0 saturated carbocycles. The summed E-state index contributed by atoms with van der Waals surface area (Å²) in [7, 11) is 0. The summed E-state index contributed by atoms with van der Waals surface area (Å²) in [5, 5.41) is 11.9. The van der Waals surface area contributed by atoms with Crippen LogP contribution in [0.3, 0.4) is 0 Å². The van der Waals surface area contributed by atoms with Gasteiger partial charge in [-0.1, -0.05) is 19.0 Å². The van der Waals surface area contributed by atoms with Crippen LogP contribution in [-0.2, 0) is 4.79 Å². The molecule has 19 heavy (non-hydrogen) atoms. The van der Waals surface area contributed by atoms with Crippen LogP contribution in [0.25, 0.3) is 0 Å². The van der Waals surface area contributed by atoms with Crippen molar-refractivity contribution < 1.29 is 10.0 Å². The lowest BCUT2D eigenvalue weighted by atomic mass is 9.84. The average Bonchev–Trinajstić information content (AvgIpc) is 2.46. The summed E-state index contributed by atoms with van der Waals surface area (Å²) in [5.74, 6) is -0.0440. The van der Waals surface area contributed by atoms with Gasteiger partial charge in [0.15, 0.2) is 5.84 Å². The molecule has 110 valence electrons. The van der Waals surface area contributed by atoms with Crippen LogP contribution in [0.4, 0.5) is 0 Å². The second kappa shape index (κ2) is 6.75. The molecule has 1 atom stereocenters. The van der Waals surface area contributed by atoms with Crippen molar-refractivity contribution in [3.63, 3.8) is 0 Å². The maximum absolute atomic E-state index is 12.6. The number of nitrogens with zero attached hydrogens (tertiary/aromatic N) is 3. The zero-order chi connectivity index (χ0) is 14.5. The Morgan fingerprint density at radius 1 is 1.32 bits per heavy atom. The van der Waals surface area contributed by atoms with Crippen LogP contribution in [0.5, 0.6) is 0 Å². The summed E-state index contributed by atoms with van der Waals surface area (Å²) in [5.41, 5.74) is 4.79. The second-order valence-corrected chi connectivity index (χ2v) is 5.30. The topological polar surface area (TPSA) is 82.2 Å². The van der Waals surface area contributed by atoms with Crippen LogP contribution in [0, 0.1) is 5.41 Å². The van der Waals surface area contributed by atoms with Gasteiger partial charge >= 0.3 is 0 Å². The fourth-order valence-electron chi connectivity index (χ4n) is 2.39. The van der Waals surface area contributed by atoms with E-state index in [0.717, 1.165) is 26.1 Å². The van der Waals surface area contributed by atoms with Crippen LogP contribution < -0.4 is 5.73 Å². The van der Waals surface area contributed by atoms with Gasteiger partial charge in [-0.2, -0.15) is 0 Å². The zero-order valence-electron chi connectivity index (χ0n) is 12.2. The molecule has 0 aromatic carbocycles. The molecule has 3 N–H and O–H groups in total. The van der Waals surface area contributed by atoms with Gasteiger partial charge in [0, 0.05) is 26.2 Å². The Morgan fingerprint density at radius 2 is 1.89 bits per heavy atom. The van der Waals surface area contributed by atoms with E-state index in [9.17, 15) is 4.79 Å². The Kier molecular flexibility index (Phi) is 5.60. The van der Waals surface area contributed by atoms with Gasteiger partial charge in [0.1, 0.15) is 5.41 Å². The molecule has 0 radical (unpaired) electrons. The van der Waals surface area contributed by atoms with Crippen molar-refractivity contribution in [3.05, 3.63) is 0 Å². The Hall–Kier alpha value is -1.30. The minimum Gasteiger partial charge on any atom is -0.409 e. The largest absolute Gasteiger partial charge is 0.409 e. The molecular formula is C13H26N4O2. The van der Waals surface area contributed by atoms with Crippen molar-refractivity contribution in [3.8, 4) is 0 Å². The quantitative estimate of drug-likeness (QED) is 0.333. The van der Waals surface area contributed by atoms with Crippen LogP contribution in [0.1, 0.15) is 33.6 Å². The third-order valence-corrected chi connectivity index (χ3v) is 4.05. The Balaban J connectivity index is 2.68. The summed E-state index contributed by atoms with van der Waals surface area (Å²) in [4.78, 5) is 16.7. The van der Waals surface area contributed by atoms with Gasteiger partial charge in [0.2, 0.25) is 5.91 Å². The van der Waals surface area contributed by atoms with E-state index in [-0.39, 0.29) is 11.7 Å². The van der Waals surface area contributed by atoms with E-state index in [0.29, 0.717) is 19.5 Å². The highest BCUT2D eigenvalue weighted by Crippen LogP contribution is 2.25. The molecule has 1 saturated heterocycles. The van der Waals surface area contributed by atoms with Gasteiger partial charge in [0.25, 0.3) is 0 Å². The molecule has 1 rings (SSSR count). The summed E-state index contributed by atoms with van der Waals surface area (Å²) in [6, 6.07) is 0. The molecule has 0 aromatic heterocycles. The molecule has 1 fully saturated rings. The molecule has 0 spiro atoms. The van der Waals surface area contributed by atoms with Gasteiger partial charge in [-0.05, 0) is 26.3 Å². The smallest absolute Gasteiger partial charge is 0.236 e. The van der Waals surface area contributed by atoms with E-state index in [1.54, 1.807) is 6.92 Å². The van der Waals surface area contributed by atoms with Crippen molar-refractivity contribution in [1.82, 2.24) is 9.80 Å². The van der Waals surface area contributed by atoms with E-state index >= 15 is 0 Å². The highest BCUT2D eigenvalue weighted by Gasteiger charge is 2.40. The van der Waals surface area contributed by atoms with Crippen LogP contribution in [-0.4, -0.2) is 59.5 Å². The van der Waals surface area contributed by atoms with Crippen LogP contribution >= 0.6 is 0 Å². The number of amides is 1. The predicted octanol–water partition coefficient (Wildman–Crippen LogP) is 0.703. The van der Waals surface area contributed by atoms with Crippen LogP contribution in [0.15, 0.2) is 5.16 Å². The highest BCUT2D eigenvalue weighted by atomic mass is 16.4. The molecule has 6 nitrogen and oxygen atoms in total. The fraction of sp³-hybridized carbons (Fsp3) is 0.846. The SMILES string of the molecule is CCCN1CCN(C(=O)C(C)(CC)C(N)=NO)CC1. The molecule has 1 amide bonds. The molecular weight excluding hydrogens is 244 g/mol. The van der Waals surface area contributed by atoms with E-state index in [2.05, 4.69) is 17.0 Å². The number of oxime groups is 1. The number of rotatable bonds is 5. The summed E-state index contributed by atoms with van der Waals surface area (Å²) in [6.45, 7) is 10.1. The molecule has 0 bridgehead atoms. The molecule has 0 aliphatic carbocycles. The van der Waals surface area contributed by atoms with E-state index in [1.807, 2.05) is 11.8 Å². The van der Waals surface area contributed by atoms with Gasteiger partial charge in [-0.3, -0.25) is 9.69 Å². The van der Waals surface area contributed by atoms with Gasteiger partial charge < -0.3 is 15.8 Å². The van der Waals surface area contributed by atoms with E-state index in [4.69, 9.17) is 10.9 Å². The number of nitrogens with two attached hydrogens (primary N) is 1. The Bertz CT molecular complexity index is 338. The lowest BCUT2D eigenvalue weighted by Crippen LogP contribution is -2.55. The monoisotopic (exact) mass is 270 g/mol. The third kappa shape index (κ3) is 3.37. The van der Waals surface area contributed by atoms with Gasteiger partial charge in [0.05, 0.1) is 0 Å². The highest BCUT2D eigenvalue weighted by molar-refractivity contribution is 6.06. The first-order valence-corrected chi connectivity index (χ1v) is 6.99. The number of hydrogen-bond donors (Lipinski definition) is 2. The molecule has 1 aliphatic heterocycles. The maximum atomic E-state index is 12.6. The van der Waals surface area contributed by atoms with Crippen molar-refractivity contribution in [2.75, 3.05) is 32.7 Å². The van der Waals surface area contributed by atoms with E-state index in [1.165, 1.54) is 0 Å². The Labute approximate surface area is 115 Å². The van der Waals surface area contributed by atoms with Crippen molar-refractivity contribution in [1.29, 1.82) is 0 Å². The Morgan fingerprint density at radius 3 is 2.32 bits per heavy atom. The minimum absolute atomic E-state index is 0.00372. The van der Waals surface area contributed by atoms with Crippen molar-refractivity contribution in [2.24, 2.45) is 16.3 Å². The molecule has 6 heteroatoms. The van der Waals surface area contributed by atoms with Gasteiger partial charge in [-0.15, -0.1) is 0 Å². The second-order valence-electron chi connectivity index (χ2n) is 5.30. The molecule has 1 aliphatic rings. The van der Waals surface area contributed by atoms with Crippen LogP contribution in [0.2, 0.25) is 0 Å². The average molecular weight is 270 g/mol. The van der Waals surface area contributed by atoms with Crippen molar-refractivity contribution in [2.45, 2.75) is 33.6 Å².